The van der Waals surface area contributed by atoms with E-state index in [1.54, 1.807) is 6.20 Å². The number of nitrogens with zero attached hydrogens (tertiary/aromatic N) is 4. The number of nitrogen functional groups attached to an aromatic ring is 2. The molecular formula is C12H9ClN6S. The molecule has 0 saturated heterocycles. The van der Waals surface area contributed by atoms with Crippen molar-refractivity contribution in [3.05, 3.63) is 35.5 Å². The summed E-state index contributed by atoms with van der Waals surface area (Å²) in [6.45, 7) is 0. The number of rotatable bonds is 2. The van der Waals surface area contributed by atoms with Crippen molar-refractivity contribution in [1.29, 1.82) is 0 Å². The van der Waals surface area contributed by atoms with E-state index in [9.17, 15) is 0 Å². The molecule has 0 amide bonds. The minimum absolute atomic E-state index is 0.0856. The van der Waals surface area contributed by atoms with E-state index in [0.29, 0.717) is 21.2 Å². The molecule has 0 aliphatic rings. The Morgan fingerprint density at radius 2 is 1.75 bits per heavy atom. The molecule has 100 valence electrons. The Balaban J connectivity index is 1.98. The van der Waals surface area contributed by atoms with Gasteiger partial charge in [0.25, 0.3) is 0 Å². The quantitative estimate of drug-likeness (QED) is 0.749. The van der Waals surface area contributed by atoms with Crippen molar-refractivity contribution in [2.24, 2.45) is 0 Å². The van der Waals surface area contributed by atoms with Crippen LogP contribution in [0.3, 0.4) is 0 Å². The van der Waals surface area contributed by atoms with Gasteiger partial charge in [0.15, 0.2) is 17.0 Å². The molecule has 3 aromatic rings. The van der Waals surface area contributed by atoms with Crippen molar-refractivity contribution < 1.29 is 0 Å². The summed E-state index contributed by atoms with van der Waals surface area (Å²) in [6.07, 6.45) is 1.62. The third-order valence-electron chi connectivity index (χ3n) is 2.47. The van der Waals surface area contributed by atoms with Crippen molar-refractivity contribution in [3.8, 4) is 0 Å². The predicted molar refractivity (Wildman–Crippen MR) is 79.5 cm³/mol. The molecule has 0 spiro atoms. The van der Waals surface area contributed by atoms with Gasteiger partial charge in [0, 0.05) is 9.92 Å². The predicted octanol–water partition coefficient (Wildman–Crippen LogP) is 2.39. The lowest BCUT2D eigenvalue weighted by Gasteiger charge is -2.04. The van der Waals surface area contributed by atoms with Crippen molar-refractivity contribution in [1.82, 2.24) is 19.9 Å². The third-order valence-corrected chi connectivity index (χ3v) is 3.63. The monoisotopic (exact) mass is 304 g/mol. The van der Waals surface area contributed by atoms with E-state index < -0.39 is 0 Å². The fourth-order valence-electron chi connectivity index (χ4n) is 1.60. The van der Waals surface area contributed by atoms with Gasteiger partial charge >= 0.3 is 0 Å². The highest BCUT2D eigenvalue weighted by molar-refractivity contribution is 7.99. The molecule has 0 unspecified atom stereocenters. The van der Waals surface area contributed by atoms with Crippen LogP contribution in [0.25, 0.3) is 11.2 Å². The Hall–Kier alpha value is -2.12. The SMILES string of the molecule is Nc1nc(N)c2nc(Sc3ccc(Cl)cc3)cnc2n1. The summed E-state index contributed by atoms with van der Waals surface area (Å²) in [5.41, 5.74) is 12.1. The average molecular weight is 305 g/mol. The second-order valence-corrected chi connectivity index (χ2v) is 5.43. The van der Waals surface area contributed by atoms with Crippen LogP contribution in [0.1, 0.15) is 0 Å². The van der Waals surface area contributed by atoms with E-state index in [1.165, 1.54) is 11.8 Å². The number of hydrogen-bond donors (Lipinski definition) is 2. The topological polar surface area (TPSA) is 104 Å². The van der Waals surface area contributed by atoms with E-state index in [4.69, 9.17) is 23.1 Å². The molecule has 6 nitrogen and oxygen atoms in total. The summed E-state index contributed by atoms with van der Waals surface area (Å²) in [4.78, 5) is 17.4. The Bertz CT molecular complexity index is 777. The van der Waals surface area contributed by atoms with Crippen LogP contribution in [-0.4, -0.2) is 19.9 Å². The van der Waals surface area contributed by atoms with Gasteiger partial charge in [0.05, 0.1) is 6.20 Å². The number of aromatic nitrogens is 4. The molecule has 2 aromatic heterocycles. The molecule has 0 radical (unpaired) electrons. The van der Waals surface area contributed by atoms with Crippen LogP contribution in [0, 0.1) is 0 Å². The average Bonchev–Trinajstić information content (AvgIpc) is 2.42. The van der Waals surface area contributed by atoms with Crippen LogP contribution < -0.4 is 11.5 Å². The lowest BCUT2D eigenvalue weighted by atomic mass is 10.4. The van der Waals surface area contributed by atoms with Gasteiger partial charge in [-0.25, -0.2) is 9.97 Å². The molecule has 0 aliphatic carbocycles. The summed E-state index contributed by atoms with van der Waals surface area (Å²) in [6, 6.07) is 7.44. The lowest BCUT2D eigenvalue weighted by Crippen LogP contribution is -2.03. The van der Waals surface area contributed by atoms with Gasteiger partial charge < -0.3 is 11.5 Å². The smallest absolute Gasteiger partial charge is 0.224 e. The van der Waals surface area contributed by atoms with Crippen LogP contribution >= 0.6 is 23.4 Å². The molecule has 0 saturated carbocycles. The van der Waals surface area contributed by atoms with Crippen molar-refractivity contribution in [2.45, 2.75) is 9.92 Å². The lowest BCUT2D eigenvalue weighted by molar-refractivity contribution is 1.08. The first-order chi connectivity index (χ1) is 9.61. The van der Waals surface area contributed by atoms with Crippen LogP contribution in [0.2, 0.25) is 5.02 Å². The third kappa shape index (κ3) is 2.59. The van der Waals surface area contributed by atoms with E-state index in [0.717, 1.165) is 4.90 Å². The maximum atomic E-state index is 5.85. The zero-order valence-electron chi connectivity index (χ0n) is 10.1. The first-order valence-electron chi connectivity index (χ1n) is 5.61. The Morgan fingerprint density at radius 3 is 2.50 bits per heavy atom. The zero-order chi connectivity index (χ0) is 14.1. The minimum Gasteiger partial charge on any atom is -0.382 e. The van der Waals surface area contributed by atoms with Gasteiger partial charge in [0.1, 0.15) is 5.03 Å². The number of nitrogens with two attached hydrogens (primary N) is 2. The molecule has 0 atom stereocenters. The maximum absolute atomic E-state index is 5.85. The number of anilines is 2. The zero-order valence-corrected chi connectivity index (χ0v) is 11.7. The van der Waals surface area contributed by atoms with Crippen LogP contribution in [0.5, 0.6) is 0 Å². The molecule has 0 bridgehead atoms. The summed E-state index contributed by atoms with van der Waals surface area (Å²) in [5.74, 6) is 0.306. The summed E-state index contributed by atoms with van der Waals surface area (Å²) < 4.78 is 0. The van der Waals surface area contributed by atoms with E-state index in [1.807, 2.05) is 24.3 Å². The second kappa shape index (κ2) is 5.10. The highest BCUT2D eigenvalue weighted by Crippen LogP contribution is 2.28. The van der Waals surface area contributed by atoms with Gasteiger partial charge in [-0.1, -0.05) is 23.4 Å². The van der Waals surface area contributed by atoms with Gasteiger partial charge in [-0.2, -0.15) is 9.97 Å². The van der Waals surface area contributed by atoms with E-state index in [2.05, 4.69) is 19.9 Å². The highest BCUT2D eigenvalue weighted by atomic mass is 35.5. The molecular weight excluding hydrogens is 296 g/mol. The summed E-state index contributed by atoms with van der Waals surface area (Å²) in [7, 11) is 0. The Morgan fingerprint density at radius 1 is 1.00 bits per heavy atom. The van der Waals surface area contributed by atoms with Gasteiger partial charge in [0.2, 0.25) is 5.95 Å². The summed E-state index contributed by atoms with van der Waals surface area (Å²) in [5, 5.41) is 1.38. The number of halogens is 1. The van der Waals surface area contributed by atoms with Crippen molar-refractivity contribution in [2.75, 3.05) is 11.5 Å². The van der Waals surface area contributed by atoms with Gasteiger partial charge in [-0.15, -0.1) is 0 Å². The fraction of sp³-hybridized carbons (Fsp3) is 0. The number of fused-ring (bicyclic) bond motifs is 1. The molecule has 4 N–H and O–H groups in total. The van der Waals surface area contributed by atoms with Crippen molar-refractivity contribution in [3.63, 3.8) is 0 Å². The standard InChI is InChI=1S/C12H9ClN6S/c13-6-1-3-7(4-2-6)20-8-5-16-11-9(17-8)10(14)18-12(15)19-11/h1-5H,(H4,14,15,16,18,19). The minimum atomic E-state index is 0.0856. The van der Waals surface area contributed by atoms with Gasteiger partial charge in [-0.3, -0.25) is 0 Å². The van der Waals surface area contributed by atoms with E-state index >= 15 is 0 Å². The van der Waals surface area contributed by atoms with Crippen molar-refractivity contribution >= 4 is 46.3 Å². The number of hydrogen-bond acceptors (Lipinski definition) is 7. The molecule has 2 heterocycles. The summed E-state index contributed by atoms with van der Waals surface area (Å²) >= 11 is 7.30. The molecule has 0 aliphatic heterocycles. The van der Waals surface area contributed by atoms with Gasteiger partial charge in [-0.05, 0) is 24.3 Å². The molecule has 0 fully saturated rings. The largest absolute Gasteiger partial charge is 0.382 e. The van der Waals surface area contributed by atoms with Crippen LogP contribution in [0.15, 0.2) is 40.4 Å². The maximum Gasteiger partial charge on any atom is 0.224 e. The first-order valence-corrected chi connectivity index (χ1v) is 6.80. The first kappa shape index (κ1) is 12.9. The second-order valence-electron chi connectivity index (χ2n) is 3.90. The number of benzene rings is 1. The normalized spacial score (nSPS) is 10.8. The van der Waals surface area contributed by atoms with E-state index in [-0.39, 0.29) is 11.8 Å². The molecule has 8 heteroatoms. The molecule has 1 aromatic carbocycles. The van der Waals surface area contributed by atoms with Crippen LogP contribution in [0.4, 0.5) is 11.8 Å². The molecule has 3 rings (SSSR count). The van der Waals surface area contributed by atoms with Crippen LogP contribution in [-0.2, 0) is 0 Å². The molecule has 20 heavy (non-hydrogen) atoms. The fourth-order valence-corrected chi connectivity index (χ4v) is 2.48. The Kier molecular flexibility index (Phi) is 3.29. The highest BCUT2D eigenvalue weighted by Gasteiger charge is 2.08. The Labute approximate surface area is 123 Å².